The van der Waals surface area contributed by atoms with Crippen LogP contribution in [0.25, 0.3) is 0 Å². The number of para-hydroxylation sites is 2. The molecule has 140 valence electrons. The van der Waals surface area contributed by atoms with Gasteiger partial charge in [-0.05, 0) is 44.5 Å². The maximum Gasteiger partial charge on any atom is 0.229 e. The number of nitrogens with zero attached hydrogens (tertiary/aromatic N) is 3. The highest BCUT2D eigenvalue weighted by Crippen LogP contribution is 2.27. The van der Waals surface area contributed by atoms with E-state index in [1.165, 1.54) is 5.56 Å². The number of rotatable bonds is 8. The Morgan fingerprint density at radius 1 is 1.00 bits per heavy atom. The normalized spacial score (nSPS) is 10.7. The van der Waals surface area contributed by atoms with E-state index in [1.54, 1.807) is 6.20 Å². The third-order valence-electron chi connectivity index (χ3n) is 4.06. The highest BCUT2D eigenvalue weighted by atomic mass is 16.5. The largest absolute Gasteiger partial charge is 0.489 e. The molecule has 0 saturated carbocycles. The Kier molecular flexibility index (Phi) is 6.26. The van der Waals surface area contributed by atoms with Crippen molar-refractivity contribution in [1.82, 2.24) is 9.97 Å². The molecule has 1 aromatic heterocycles. The Morgan fingerprint density at radius 3 is 2.48 bits per heavy atom. The van der Waals surface area contributed by atoms with Crippen molar-refractivity contribution >= 4 is 17.5 Å². The van der Waals surface area contributed by atoms with Gasteiger partial charge in [-0.25, -0.2) is 4.98 Å². The van der Waals surface area contributed by atoms with Crippen molar-refractivity contribution in [2.24, 2.45) is 0 Å². The molecule has 0 amide bonds. The predicted octanol–water partition coefficient (Wildman–Crippen LogP) is 5.03. The van der Waals surface area contributed by atoms with E-state index in [1.807, 2.05) is 50.2 Å². The Bertz CT molecular complexity index is 852. The first-order chi connectivity index (χ1) is 13.2. The molecule has 0 radical (unpaired) electrons. The minimum atomic E-state index is 0.0988. The molecule has 3 aromatic rings. The summed E-state index contributed by atoms with van der Waals surface area (Å²) in [6.07, 6.45) is 1.88. The van der Waals surface area contributed by atoms with Gasteiger partial charge >= 0.3 is 0 Å². The van der Waals surface area contributed by atoms with Crippen LogP contribution in [0.1, 0.15) is 26.3 Å². The standard InChI is InChI=1S/C22H26N4O/c1-4-26(16-18-10-6-5-7-11-18)21-14-15-23-22(25-21)24-19-12-8-9-13-20(19)27-17(2)3/h5-15,17H,4,16H2,1-3H3,(H,23,24,25). The van der Waals surface area contributed by atoms with Crippen LogP contribution >= 0.6 is 0 Å². The van der Waals surface area contributed by atoms with Gasteiger partial charge in [0.25, 0.3) is 0 Å². The minimum Gasteiger partial charge on any atom is -0.489 e. The molecule has 0 spiro atoms. The fourth-order valence-corrected chi connectivity index (χ4v) is 2.79. The first kappa shape index (κ1) is 18.7. The summed E-state index contributed by atoms with van der Waals surface area (Å²) < 4.78 is 5.87. The third kappa shape index (κ3) is 5.20. The van der Waals surface area contributed by atoms with Gasteiger partial charge in [0.2, 0.25) is 5.95 Å². The van der Waals surface area contributed by atoms with Crippen molar-refractivity contribution in [3.05, 3.63) is 72.4 Å². The third-order valence-corrected chi connectivity index (χ3v) is 4.06. The Labute approximate surface area is 161 Å². The van der Waals surface area contributed by atoms with E-state index in [0.29, 0.717) is 5.95 Å². The second-order valence-electron chi connectivity index (χ2n) is 6.53. The molecule has 5 nitrogen and oxygen atoms in total. The summed E-state index contributed by atoms with van der Waals surface area (Å²) in [5.74, 6) is 2.23. The number of anilines is 3. The lowest BCUT2D eigenvalue weighted by Crippen LogP contribution is -2.23. The van der Waals surface area contributed by atoms with Crippen LogP contribution in [0.2, 0.25) is 0 Å². The topological polar surface area (TPSA) is 50.3 Å². The summed E-state index contributed by atoms with van der Waals surface area (Å²) >= 11 is 0. The van der Waals surface area contributed by atoms with Crippen molar-refractivity contribution in [3.8, 4) is 5.75 Å². The molecule has 0 atom stereocenters. The van der Waals surface area contributed by atoms with Crippen molar-refractivity contribution in [2.45, 2.75) is 33.4 Å². The average Bonchev–Trinajstić information content (AvgIpc) is 2.68. The van der Waals surface area contributed by atoms with E-state index in [0.717, 1.165) is 30.3 Å². The summed E-state index contributed by atoms with van der Waals surface area (Å²) in [5.41, 5.74) is 2.11. The lowest BCUT2D eigenvalue weighted by atomic mass is 10.2. The van der Waals surface area contributed by atoms with Gasteiger partial charge in [0, 0.05) is 19.3 Å². The number of ether oxygens (including phenoxy) is 1. The van der Waals surface area contributed by atoms with E-state index in [-0.39, 0.29) is 6.10 Å². The molecule has 5 heteroatoms. The summed E-state index contributed by atoms with van der Waals surface area (Å²) in [7, 11) is 0. The maximum atomic E-state index is 5.87. The van der Waals surface area contributed by atoms with Crippen molar-refractivity contribution < 1.29 is 4.74 Å². The summed E-state index contributed by atoms with van der Waals surface area (Å²) in [6.45, 7) is 7.82. The van der Waals surface area contributed by atoms with Gasteiger partial charge in [0.05, 0.1) is 11.8 Å². The highest BCUT2D eigenvalue weighted by molar-refractivity contribution is 5.63. The molecule has 0 unspecified atom stereocenters. The molecule has 0 fully saturated rings. The quantitative estimate of drug-likeness (QED) is 0.609. The number of hydrogen-bond acceptors (Lipinski definition) is 5. The molecular weight excluding hydrogens is 336 g/mol. The van der Waals surface area contributed by atoms with Crippen LogP contribution in [0.4, 0.5) is 17.5 Å². The van der Waals surface area contributed by atoms with Gasteiger partial charge in [-0.3, -0.25) is 0 Å². The zero-order chi connectivity index (χ0) is 19.1. The number of nitrogens with one attached hydrogen (secondary N) is 1. The second-order valence-corrected chi connectivity index (χ2v) is 6.53. The lowest BCUT2D eigenvalue weighted by molar-refractivity contribution is 0.244. The van der Waals surface area contributed by atoms with Gasteiger partial charge in [-0.15, -0.1) is 0 Å². The SMILES string of the molecule is CCN(Cc1ccccc1)c1ccnc(Nc2ccccc2OC(C)C)n1. The minimum absolute atomic E-state index is 0.0988. The van der Waals surface area contributed by atoms with E-state index < -0.39 is 0 Å². The lowest BCUT2D eigenvalue weighted by Gasteiger charge is -2.22. The fourth-order valence-electron chi connectivity index (χ4n) is 2.79. The first-order valence-corrected chi connectivity index (χ1v) is 9.30. The molecular formula is C22H26N4O. The molecule has 27 heavy (non-hydrogen) atoms. The van der Waals surface area contributed by atoms with Gasteiger partial charge in [-0.2, -0.15) is 4.98 Å². The number of benzene rings is 2. The van der Waals surface area contributed by atoms with Gasteiger partial charge in [0.15, 0.2) is 0 Å². The van der Waals surface area contributed by atoms with E-state index in [4.69, 9.17) is 9.72 Å². The first-order valence-electron chi connectivity index (χ1n) is 9.30. The van der Waals surface area contributed by atoms with Gasteiger partial charge in [-0.1, -0.05) is 42.5 Å². The number of aromatic nitrogens is 2. The molecule has 1 N–H and O–H groups in total. The summed E-state index contributed by atoms with van der Waals surface area (Å²) in [4.78, 5) is 11.3. The van der Waals surface area contributed by atoms with Crippen LogP contribution in [0, 0.1) is 0 Å². The monoisotopic (exact) mass is 362 g/mol. The molecule has 0 aliphatic carbocycles. The molecule has 3 rings (SSSR count). The molecule has 0 saturated heterocycles. The summed E-state index contributed by atoms with van der Waals surface area (Å²) in [5, 5.41) is 3.29. The summed E-state index contributed by atoms with van der Waals surface area (Å²) in [6, 6.07) is 20.2. The number of hydrogen-bond donors (Lipinski definition) is 1. The zero-order valence-corrected chi connectivity index (χ0v) is 16.1. The van der Waals surface area contributed by atoms with Gasteiger partial charge < -0.3 is 15.0 Å². The Balaban J connectivity index is 1.79. The van der Waals surface area contributed by atoms with Crippen LogP contribution in [0.15, 0.2) is 66.9 Å². The Hall–Kier alpha value is -3.08. The fraction of sp³-hybridized carbons (Fsp3) is 0.273. The smallest absolute Gasteiger partial charge is 0.229 e. The van der Waals surface area contributed by atoms with Crippen molar-refractivity contribution in [1.29, 1.82) is 0 Å². The van der Waals surface area contributed by atoms with E-state index in [9.17, 15) is 0 Å². The molecule has 0 bridgehead atoms. The van der Waals surface area contributed by atoms with Crippen LogP contribution < -0.4 is 15.0 Å². The molecule has 2 aromatic carbocycles. The average molecular weight is 362 g/mol. The maximum absolute atomic E-state index is 5.87. The van der Waals surface area contributed by atoms with Crippen LogP contribution in [-0.4, -0.2) is 22.6 Å². The van der Waals surface area contributed by atoms with E-state index in [2.05, 4.69) is 46.4 Å². The molecule has 0 aliphatic rings. The van der Waals surface area contributed by atoms with Crippen LogP contribution in [-0.2, 0) is 6.54 Å². The van der Waals surface area contributed by atoms with Crippen LogP contribution in [0.3, 0.4) is 0 Å². The van der Waals surface area contributed by atoms with Crippen molar-refractivity contribution in [2.75, 3.05) is 16.8 Å². The van der Waals surface area contributed by atoms with Crippen LogP contribution in [0.5, 0.6) is 5.75 Å². The molecule has 1 heterocycles. The Morgan fingerprint density at radius 2 is 1.74 bits per heavy atom. The highest BCUT2D eigenvalue weighted by Gasteiger charge is 2.10. The predicted molar refractivity (Wildman–Crippen MR) is 111 cm³/mol. The van der Waals surface area contributed by atoms with Crippen molar-refractivity contribution in [3.63, 3.8) is 0 Å². The second kappa shape index (κ2) is 9.03. The zero-order valence-electron chi connectivity index (χ0n) is 16.1. The van der Waals surface area contributed by atoms with E-state index >= 15 is 0 Å². The molecule has 0 aliphatic heterocycles. The van der Waals surface area contributed by atoms with Gasteiger partial charge in [0.1, 0.15) is 11.6 Å².